The lowest BCUT2D eigenvalue weighted by molar-refractivity contribution is 0.0650. The molecule has 1 saturated heterocycles. The highest BCUT2D eigenvalue weighted by Crippen LogP contribution is 2.29. The van der Waals surface area contributed by atoms with E-state index in [4.69, 9.17) is 4.74 Å². The van der Waals surface area contributed by atoms with Gasteiger partial charge in [-0.05, 0) is 49.7 Å². The third-order valence-electron chi connectivity index (χ3n) is 6.16. The summed E-state index contributed by atoms with van der Waals surface area (Å²) in [5.41, 5.74) is 4.27. The molecule has 4 nitrogen and oxygen atoms in total. The van der Waals surface area contributed by atoms with Gasteiger partial charge < -0.3 is 9.64 Å². The molecule has 0 aromatic heterocycles. The van der Waals surface area contributed by atoms with Crippen molar-refractivity contribution in [3.8, 4) is 5.75 Å². The second-order valence-electron chi connectivity index (χ2n) is 8.76. The fourth-order valence-corrected chi connectivity index (χ4v) is 5.01. The van der Waals surface area contributed by atoms with Gasteiger partial charge in [-0.1, -0.05) is 60.2 Å². The molecule has 182 valence electrons. The first-order valence-corrected chi connectivity index (χ1v) is 13.3. The molecule has 1 heterocycles. The van der Waals surface area contributed by atoms with Crippen LogP contribution < -0.4 is 4.74 Å². The maximum absolute atomic E-state index is 13.3. The van der Waals surface area contributed by atoms with Gasteiger partial charge in [0.1, 0.15) is 5.75 Å². The van der Waals surface area contributed by atoms with Gasteiger partial charge in [-0.15, -0.1) is 11.8 Å². The number of benzene rings is 3. The fourth-order valence-electron chi connectivity index (χ4n) is 4.14. The normalized spacial score (nSPS) is 14.4. The number of piperazine rings is 1. The molecule has 0 aliphatic carbocycles. The summed E-state index contributed by atoms with van der Waals surface area (Å²) in [6.45, 7) is 8.87. The third-order valence-corrected chi connectivity index (χ3v) is 7.22. The Labute approximate surface area is 213 Å². The van der Waals surface area contributed by atoms with Gasteiger partial charge in [-0.25, -0.2) is 0 Å². The quantitative estimate of drug-likeness (QED) is 0.339. The summed E-state index contributed by atoms with van der Waals surface area (Å²) in [6.07, 6.45) is 4.37. The number of carbonyl (C=O) groups excluding carboxylic acids is 1. The molecule has 1 amide bonds. The molecule has 0 unspecified atom stereocenters. The molecule has 0 saturated carbocycles. The van der Waals surface area contributed by atoms with Crippen LogP contribution in [0, 0.1) is 6.92 Å². The molecule has 0 spiro atoms. The number of aryl methyl sites for hydroxylation is 1. The summed E-state index contributed by atoms with van der Waals surface area (Å²) in [6, 6.07) is 24.8. The molecule has 3 aromatic carbocycles. The smallest absolute Gasteiger partial charge is 0.253 e. The SMILES string of the molecule is CCOc1ccc(C(=O)N2CCN(C/C=C/c3ccccc3)CC2)cc1CSc1ccc(C)cc1. The van der Waals surface area contributed by atoms with Gasteiger partial charge in [-0.3, -0.25) is 9.69 Å². The number of hydrogen-bond acceptors (Lipinski definition) is 4. The van der Waals surface area contributed by atoms with E-state index >= 15 is 0 Å². The molecular weight excluding hydrogens is 452 g/mol. The second kappa shape index (κ2) is 12.6. The highest BCUT2D eigenvalue weighted by Gasteiger charge is 2.22. The minimum Gasteiger partial charge on any atom is -0.494 e. The molecule has 4 rings (SSSR count). The maximum atomic E-state index is 13.3. The van der Waals surface area contributed by atoms with E-state index < -0.39 is 0 Å². The molecule has 5 heteroatoms. The van der Waals surface area contributed by atoms with Crippen molar-refractivity contribution in [3.63, 3.8) is 0 Å². The lowest BCUT2D eigenvalue weighted by atomic mass is 10.1. The van der Waals surface area contributed by atoms with Crippen molar-refractivity contribution in [2.75, 3.05) is 39.3 Å². The van der Waals surface area contributed by atoms with E-state index in [1.807, 2.05) is 36.1 Å². The largest absolute Gasteiger partial charge is 0.494 e. The van der Waals surface area contributed by atoms with Crippen molar-refractivity contribution < 1.29 is 9.53 Å². The van der Waals surface area contributed by atoms with Crippen LogP contribution in [0.15, 0.2) is 83.8 Å². The molecular formula is C30H34N2O2S. The summed E-state index contributed by atoms with van der Waals surface area (Å²) in [5, 5.41) is 0. The van der Waals surface area contributed by atoms with Crippen molar-refractivity contribution in [1.82, 2.24) is 9.80 Å². The molecule has 3 aromatic rings. The highest BCUT2D eigenvalue weighted by molar-refractivity contribution is 7.98. The van der Waals surface area contributed by atoms with Gasteiger partial charge in [0.2, 0.25) is 0 Å². The van der Waals surface area contributed by atoms with Crippen LogP contribution in [-0.4, -0.2) is 55.0 Å². The average Bonchev–Trinajstić information content (AvgIpc) is 2.90. The van der Waals surface area contributed by atoms with Crippen LogP contribution in [0.5, 0.6) is 5.75 Å². The third kappa shape index (κ3) is 7.23. The number of ether oxygens (including phenoxy) is 1. The standard InChI is InChI=1S/C30H34N2O2S/c1-3-34-29-16-13-26(22-27(29)23-35-28-14-11-24(2)12-15-28)30(33)32-20-18-31(19-21-32)17-7-10-25-8-5-4-6-9-25/h4-16,22H,3,17-21,23H2,1-2H3/b10-7+. The van der Waals surface area contributed by atoms with Crippen LogP contribution in [0.1, 0.15) is 34.0 Å². The number of rotatable bonds is 9. The Morgan fingerprint density at radius 2 is 1.71 bits per heavy atom. The summed E-state index contributed by atoms with van der Waals surface area (Å²) in [5.74, 6) is 1.73. The molecule has 0 bridgehead atoms. The number of thioether (sulfide) groups is 1. The zero-order valence-electron chi connectivity index (χ0n) is 20.7. The first-order chi connectivity index (χ1) is 17.1. The fraction of sp³-hybridized carbons (Fsp3) is 0.300. The van der Waals surface area contributed by atoms with Crippen molar-refractivity contribution in [1.29, 1.82) is 0 Å². The first kappa shape index (κ1) is 25.1. The number of nitrogens with zero attached hydrogens (tertiary/aromatic N) is 2. The predicted molar refractivity (Wildman–Crippen MR) is 146 cm³/mol. The van der Waals surface area contributed by atoms with Gasteiger partial charge in [0, 0.05) is 54.5 Å². The van der Waals surface area contributed by atoms with Crippen molar-refractivity contribution in [2.24, 2.45) is 0 Å². The highest BCUT2D eigenvalue weighted by atomic mass is 32.2. The lowest BCUT2D eigenvalue weighted by Crippen LogP contribution is -2.48. The van der Waals surface area contributed by atoms with E-state index in [9.17, 15) is 4.79 Å². The Morgan fingerprint density at radius 1 is 0.971 bits per heavy atom. The van der Waals surface area contributed by atoms with E-state index in [0.717, 1.165) is 55.4 Å². The van der Waals surface area contributed by atoms with Crippen LogP contribution in [-0.2, 0) is 5.75 Å². The Bertz CT molecular complexity index is 1120. The van der Waals surface area contributed by atoms with E-state index in [-0.39, 0.29) is 5.91 Å². The van der Waals surface area contributed by atoms with E-state index in [0.29, 0.717) is 6.61 Å². The lowest BCUT2D eigenvalue weighted by Gasteiger charge is -2.34. The number of hydrogen-bond donors (Lipinski definition) is 0. The molecule has 0 atom stereocenters. The van der Waals surface area contributed by atoms with Crippen LogP contribution in [0.3, 0.4) is 0 Å². The van der Waals surface area contributed by atoms with Crippen molar-refractivity contribution >= 4 is 23.7 Å². The number of amides is 1. The Morgan fingerprint density at radius 3 is 2.43 bits per heavy atom. The van der Waals surface area contributed by atoms with Gasteiger partial charge in [0.15, 0.2) is 0 Å². The minimum atomic E-state index is 0.106. The monoisotopic (exact) mass is 486 g/mol. The van der Waals surface area contributed by atoms with Crippen LogP contribution >= 0.6 is 11.8 Å². The summed E-state index contributed by atoms with van der Waals surface area (Å²) in [4.78, 5) is 18.9. The van der Waals surface area contributed by atoms with Crippen LogP contribution in [0.25, 0.3) is 6.08 Å². The van der Waals surface area contributed by atoms with Crippen molar-refractivity contribution in [3.05, 3.63) is 101 Å². The summed E-state index contributed by atoms with van der Waals surface area (Å²) >= 11 is 1.77. The van der Waals surface area contributed by atoms with Crippen LogP contribution in [0.4, 0.5) is 0 Å². The predicted octanol–water partition coefficient (Wildman–Crippen LogP) is 6.16. The molecule has 0 N–H and O–H groups in total. The first-order valence-electron chi connectivity index (χ1n) is 12.3. The molecule has 35 heavy (non-hydrogen) atoms. The average molecular weight is 487 g/mol. The van der Waals surface area contributed by atoms with Gasteiger partial charge in [-0.2, -0.15) is 0 Å². The zero-order valence-corrected chi connectivity index (χ0v) is 21.5. The summed E-state index contributed by atoms with van der Waals surface area (Å²) < 4.78 is 5.86. The van der Waals surface area contributed by atoms with Gasteiger partial charge in [0.05, 0.1) is 6.61 Å². The van der Waals surface area contributed by atoms with E-state index in [1.54, 1.807) is 11.8 Å². The Hall–Kier alpha value is -3.02. The zero-order chi connectivity index (χ0) is 24.5. The van der Waals surface area contributed by atoms with Crippen LogP contribution in [0.2, 0.25) is 0 Å². The van der Waals surface area contributed by atoms with Gasteiger partial charge >= 0.3 is 0 Å². The molecule has 0 radical (unpaired) electrons. The molecule has 1 aliphatic heterocycles. The molecule has 1 aliphatic rings. The van der Waals surface area contributed by atoms with Gasteiger partial charge in [0.25, 0.3) is 5.91 Å². The summed E-state index contributed by atoms with van der Waals surface area (Å²) in [7, 11) is 0. The number of carbonyl (C=O) groups is 1. The maximum Gasteiger partial charge on any atom is 0.253 e. The molecule has 1 fully saturated rings. The minimum absolute atomic E-state index is 0.106. The van der Waals surface area contributed by atoms with E-state index in [2.05, 4.69) is 72.5 Å². The van der Waals surface area contributed by atoms with E-state index in [1.165, 1.54) is 16.0 Å². The Balaban J connectivity index is 1.34. The topological polar surface area (TPSA) is 32.8 Å². The van der Waals surface area contributed by atoms with Crippen molar-refractivity contribution in [2.45, 2.75) is 24.5 Å². The second-order valence-corrected chi connectivity index (χ2v) is 9.81. The Kier molecular flexibility index (Phi) is 9.04.